The van der Waals surface area contributed by atoms with Crippen molar-refractivity contribution >= 4 is 0 Å². The van der Waals surface area contributed by atoms with Crippen molar-refractivity contribution in [2.45, 2.75) is 50.7 Å². The van der Waals surface area contributed by atoms with E-state index in [4.69, 9.17) is 0 Å². The van der Waals surface area contributed by atoms with Crippen molar-refractivity contribution in [2.24, 2.45) is 17.8 Å². The second-order valence-corrected chi connectivity index (χ2v) is 6.99. The van der Waals surface area contributed by atoms with Crippen LogP contribution in [-0.4, -0.2) is 17.7 Å². The molecule has 1 heterocycles. The number of rotatable bonds is 1. The SMILES string of the molecule is OC1c2ccccc2CCCC1C1NCC2CCCC21. The summed E-state index contributed by atoms with van der Waals surface area (Å²) in [7, 11) is 0. The third-order valence-corrected chi connectivity index (χ3v) is 6.02. The normalized spacial score (nSPS) is 40.1. The minimum atomic E-state index is -0.273. The Morgan fingerprint density at radius 3 is 2.80 bits per heavy atom. The van der Waals surface area contributed by atoms with Crippen LogP contribution in [0, 0.1) is 17.8 Å². The molecule has 1 saturated heterocycles. The van der Waals surface area contributed by atoms with Crippen molar-refractivity contribution in [3.63, 3.8) is 0 Å². The first-order chi connectivity index (χ1) is 9.84. The molecule has 0 aromatic heterocycles. The zero-order valence-corrected chi connectivity index (χ0v) is 12.1. The van der Waals surface area contributed by atoms with Crippen molar-refractivity contribution in [1.29, 1.82) is 0 Å². The van der Waals surface area contributed by atoms with E-state index in [2.05, 4.69) is 29.6 Å². The number of fused-ring (bicyclic) bond motifs is 2. The van der Waals surface area contributed by atoms with Gasteiger partial charge < -0.3 is 10.4 Å². The molecule has 1 saturated carbocycles. The quantitative estimate of drug-likeness (QED) is 0.769. The molecule has 5 unspecified atom stereocenters. The van der Waals surface area contributed by atoms with E-state index in [0.29, 0.717) is 12.0 Å². The lowest BCUT2D eigenvalue weighted by Gasteiger charge is -2.31. The predicted molar refractivity (Wildman–Crippen MR) is 80.5 cm³/mol. The lowest BCUT2D eigenvalue weighted by atomic mass is 9.80. The third-order valence-electron chi connectivity index (χ3n) is 6.02. The summed E-state index contributed by atoms with van der Waals surface area (Å²) < 4.78 is 0. The summed E-state index contributed by atoms with van der Waals surface area (Å²) >= 11 is 0. The molecule has 0 spiro atoms. The summed E-state index contributed by atoms with van der Waals surface area (Å²) in [6.07, 6.45) is 7.40. The van der Waals surface area contributed by atoms with Crippen molar-refractivity contribution in [2.75, 3.05) is 6.54 Å². The van der Waals surface area contributed by atoms with Crippen LogP contribution in [0.3, 0.4) is 0 Å². The van der Waals surface area contributed by atoms with Gasteiger partial charge in [-0.25, -0.2) is 0 Å². The molecule has 0 radical (unpaired) electrons. The van der Waals surface area contributed by atoms with E-state index in [-0.39, 0.29) is 6.10 Å². The predicted octanol–water partition coefficient (Wildman–Crippen LogP) is 3.06. The van der Waals surface area contributed by atoms with E-state index in [0.717, 1.165) is 24.7 Å². The number of hydrogen-bond donors (Lipinski definition) is 2. The van der Waals surface area contributed by atoms with Gasteiger partial charge in [0.25, 0.3) is 0 Å². The highest BCUT2D eigenvalue weighted by atomic mass is 16.3. The van der Waals surface area contributed by atoms with Crippen LogP contribution in [0.15, 0.2) is 24.3 Å². The number of aryl methyl sites for hydroxylation is 1. The Kier molecular flexibility index (Phi) is 3.31. The second-order valence-electron chi connectivity index (χ2n) is 6.99. The summed E-state index contributed by atoms with van der Waals surface area (Å²) in [6.45, 7) is 1.18. The highest BCUT2D eigenvalue weighted by Gasteiger charge is 2.44. The van der Waals surface area contributed by atoms with Gasteiger partial charge in [0.15, 0.2) is 0 Å². The largest absolute Gasteiger partial charge is 0.388 e. The molecule has 2 heteroatoms. The summed E-state index contributed by atoms with van der Waals surface area (Å²) in [6, 6.07) is 9.06. The Balaban J connectivity index is 1.62. The highest BCUT2D eigenvalue weighted by Crippen LogP contribution is 2.45. The van der Waals surface area contributed by atoms with E-state index in [1.54, 1.807) is 0 Å². The van der Waals surface area contributed by atoms with E-state index < -0.39 is 0 Å². The van der Waals surface area contributed by atoms with Gasteiger partial charge in [-0.3, -0.25) is 0 Å². The molecule has 1 aromatic rings. The number of benzene rings is 1. The Hall–Kier alpha value is -0.860. The average Bonchev–Trinajstić information content (AvgIpc) is 3.03. The molecule has 1 aliphatic heterocycles. The number of hydrogen-bond acceptors (Lipinski definition) is 2. The summed E-state index contributed by atoms with van der Waals surface area (Å²) in [5.41, 5.74) is 2.56. The molecule has 1 aromatic carbocycles. The summed E-state index contributed by atoms with van der Waals surface area (Å²) in [5, 5.41) is 14.7. The van der Waals surface area contributed by atoms with Gasteiger partial charge in [-0.2, -0.15) is 0 Å². The lowest BCUT2D eigenvalue weighted by Crippen LogP contribution is -2.38. The van der Waals surface area contributed by atoms with Gasteiger partial charge in [0.2, 0.25) is 0 Å². The van der Waals surface area contributed by atoms with Crippen LogP contribution in [0.5, 0.6) is 0 Å². The van der Waals surface area contributed by atoms with Crippen molar-refractivity contribution in [3.05, 3.63) is 35.4 Å². The zero-order valence-electron chi connectivity index (χ0n) is 12.1. The molecular weight excluding hydrogens is 246 g/mol. The minimum Gasteiger partial charge on any atom is -0.388 e. The van der Waals surface area contributed by atoms with Gasteiger partial charge in [0.1, 0.15) is 0 Å². The number of aliphatic hydroxyl groups excluding tert-OH is 1. The molecule has 2 N–H and O–H groups in total. The van der Waals surface area contributed by atoms with Crippen LogP contribution in [0.4, 0.5) is 0 Å². The van der Waals surface area contributed by atoms with Gasteiger partial charge in [-0.15, -0.1) is 0 Å². The fraction of sp³-hybridized carbons (Fsp3) is 0.667. The van der Waals surface area contributed by atoms with Crippen LogP contribution < -0.4 is 5.32 Å². The average molecular weight is 271 g/mol. The van der Waals surface area contributed by atoms with Gasteiger partial charge in [-0.1, -0.05) is 30.7 Å². The molecular formula is C18H25NO. The Bertz CT molecular complexity index is 486. The molecule has 0 amide bonds. The topological polar surface area (TPSA) is 32.3 Å². The summed E-state index contributed by atoms with van der Waals surface area (Å²) in [4.78, 5) is 0. The first-order valence-electron chi connectivity index (χ1n) is 8.34. The maximum atomic E-state index is 10.9. The standard InChI is InChI=1S/C18H25NO/c20-18-15-8-2-1-5-12(15)6-3-10-16(18)17-14-9-4-7-13(14)11-19-17/h1-2,5,8,13-14,16-20H,3-4,6-7,9-11H2. The van der Waals surface area contributed by atoms with Crippen LogP contribution >= 0.6 is 0 Å². The first kappa shape index (κ1) is 12.8. The highest BCUT2D eigenvalue weighted by molar-refractivity contribution is 5.31. The Morgan fingerprint density at radius 2 is 1.85 bits per heavy atom. The van der Waals surface area contributed by atoms with Gasteiger partial charge >= 0.3 is 0 Å². The zero-order chi connectivity index (χ0) is 13.5. The van der Waals surface area contributed by atoms with Crippen molar-refractivity contribution in [1.82, 2.24) is 5.32 Å². The molecule has 108 valence electrons. The molecule has 2 nitrogen and oxygen atoms in total. The lowest BCUT2D eigenvalue weighted by molar-refractivity contribution is 0.0723. The fourth-order valence-electron chi connectivity index (χ4n) is 5.04. The van der Waals surface area contributed by atoms with Crippen molar-refractivity contribution in [3.8, 4) is 0 Å². The van der Waals surface area contributed by atoms with E-state index in [1.165, 1.54) is 43.4 Å². The molecule has 2 fully saturated rings. The minimum absolute atomic E-state index is 0.273. The van der Waals surface area contributed by atoms with E-state index in [9.17, 15) is 5.11 Å². The maximum Gasteiger partial charge on any atom is 0.0835 e. The molecule has 3 aliphatic rings. The van der Waals surface area contributed by atoms with Gasteiger partial charge in [0, 0.05) is 12.0 Å². The smallest absolute Gasteiger partial charge is 0.0835 e. The summed E-state index contributed by atoms with van der Waals surface area (Å²) in [5.74, 6) is 2.11. The van der Waals surface area contributed by atoms with E-state index >= 15 is 0 Å². The monoisotopic (exact) mass is 271 g/mol. The van der Waals surface area contributed by atoms with E-state index in [1.807, 2.05) is 0 Å². The van der Waals surface area contributed by atoms with Crippen molar-refractivity contribution < 1.29 is 5.11 Å². The third kappa shape index (κ3) is 2.01. The van der Waals surface area contributed by atoms with Gasteiger partial charge in [-0.05, 0) is 61.6 Å². The molecule has 20 heavy (non-hydrogen) atoms. The molecule has 4 rings (SSSR count). The van der Waals surface area contributed by atoms with Crippen LogP contribution in [0.25, 0.3) is 0 Å². The Labute approximate surface area is 121 Å². The van der Waals surface area contributed by atoms with Crippen LogP contribution in [0.1, 0.15) is 49.3 Å². The molecule has 2 aliphatic carbocycles. The first-order valence-corrected chi connectivity index (χ1v) is 8.34. The molecule has 0 bridgehead atoms. The maximum absolute atomic E-state index is 10.9. The van der Waals surface area contributed by atoms with Crippen LogP contribution in [0.2, 0.25) is 0 Å². The van der Waals surface area contributed by atoms with Gasteiger partial charge in [0.05, 0.1) is 6.10 Å². The molecule has 5 atom stereocenters. The van der Waals surface area contributed by atoms with Crippen LogP contribution in [-0.2, 0) is 6.42 Å². The Morgan fingerprint density at radius 1 is 1.00 bits per heavy atom. The fourth-order valence-corrected chi connectivity index (χ4v) is 5.04. The second kappa shape index (κ2) is 5.16. The number of nitrogens with one attached hydrogen (secondary N) is 1. The number of aliphatic hydroxyl groups is 1.